The van der Waals surface area contributed by atoms with Gasteiger partial charge in [0.25, 0.3) is 11.8 Å². The fourth-order valence-corrected chi connectivity index (χ4v) is 3.66. The maximum absolute atomic E-state index is 12.7. The molecule has 1 N–H and O–H groups in total. The molecular weight excluding hydrogens is 372 g/mol. The molecule has 1 saturated carbocycles. The standard InChI is InChI=1S/C21H22N4O4/c1-13-19(29-18-5-3-2-4-17(18)27-13)20(26)25-14-6-8-15(9-7-14)28-21-16(12-22)23-10-11-24-21/h2-5,10-11,13-15,19H,6-9H2,1H3,(H,25,26)/t13-,14?,15?,19+/m1/s1. The highest BCUT2D eigenvalue weighted by Crippen LogP contribution is 2.33. The van der Waals surface area contributed by atoms with Gasteiger partial charge in [0.2, 0.25) is 11.8 Å². The number of nitrogens with zero attached hydrogens (tertiary/aromatic N) is 3. The van der Waals surface area contributed by atoms with Crippen LogP contribution in [-0.4, -0.2) is 40.2 Å². The molecule has 1 aliphatic heterocycles. The molecule has 8 nitrogen and oxygen atoms in total. The van der Waals surface area contributed by atoms with Gasteiger partial charge in [-0.15, -0.1) is 0 Å². The highest BCUT2D eigenvalue weighted by atomic mass is 16.6. The number of para-hydroxylation sites is 2. The molecule has 0 radical (unpaired) electrons. The second-order valence-corrected chi connectivity index (χ2v) is 7.23. The number of carbonyl (C=O) groups is 1. The Morgan fingerprint density at radius 1 is 1.14 bits per heavy atom. The van der Waals surface area contributed by atoms with Crippen molar-refractivity contribution in [3.8, 4) is 23.4 Å². The Hall–Kier alpha value is -3.34. The lowest BCUT2D eigenvalue weighted by Gasteiger charge is -2.34. The quantitative estimate of drug-likeness (QED) is 0.848. The maximum atomic E-state index is 12.7. The highest BCUT2D eigenvalue weighted by molar-refractivity contribution is 5.82. The second-order valence-electron chi connectivity index (χ2n) is 7.23. The van der Waals surface area contributed by atoms with Crippen LogP contribution in [0.3, 0.4) is 0 Å². The summed E-state index contributed by atoms with van der Waals surface area (Å²) in [6.45, 7) is 1.83. The molecule has 8 heteroatoms. The molecule has 0 bridgehead atoms. The number of aromatic nitrogens is 2. The molecule has 0 unspecified atom stereocenters. The van der Waals surface area contributed by atoms with Crippen LogP contribution in [0.5, 0.6) is 17.4 Å². The molecule has 1 fully saturated rings. The number of fused-ring (bicyclic) bond motifs is 1. The number of rotatable bonds is 4. The summed E-state index contributed by atoms with van der Waals surface area (Å²) in [6, 6.07) is 9.38. The SMILES string of the molecule is C[C@H]1Oc2ccccc2O[C@@H]1C(=O)NC1CCC(Oc2nccnc2C#N)CC1. The summed E-state index contributed by atoms with van der Waals surface area (Å²) < 4.78 is 17.5. The summed E-state index contributed by atoms with van der Waals surface area (Å²) in [6.07, 6.45) is 4.93. The zero-order valence-electron chi connectivity index (χ0n) is 16.1. The molecule has 2 heterocycles. The number of carbonyl (C=O) groups excluding carboxylic acids is 1. The number of hydrogen-bond acceptors (Lipinski definition) is 7. The predicted molar refractivity (Wildman–Crippen MR) is 103 cm³/mol. The van der Waals surface area contributed by atoms with Crippen molar-refractivity contribution in [1.82, 2.24) is 15.3 Å². The van der Waals surface area contributed by atoms with Gasteiger partial charge in [-0.1, -0.05) is 12.1 Å². The molecule has 1 aromatic heterocycles. The number of benzene rings is 1. The molecule has 1 amide bonds. The van der Waals surface area contributed by atoms with E-state index in [-0.39, 0.29) is 35.7 Å². The summed E-state index contributed by atoms with van der Waals surface area (Å²) >= 11 is 0. The van der Waals surface area contributed by atoms with Crippen LogP contribution in [0, 0.1) is 11.3 Å². The van der Waals surface area contributed by atoms with E-state index in [1.165, 1.54) is 12.4 Å². The van der Waals surface area contributed by atoms with Crippen LogP contribution in [0.2, 0.25) is 0 Å². The van der Waals surface area contributed by atoms with Crippen molar-refractivity contribution in [1.29, 1.82) is 5.26 Å². The Bertz CT molecular complexity index is 921. The summed E-state index contributed by atoms with van der Waals surface area (Å²) in [5, 5.41) is 12.2. The highest BCUT2D eigenvalue weighted by Gasteiger charge is 2.35. The van der Waals surface area contributed by atoms with Crippen LogP contribution in [0.4, 0.5) is 0 Å². The van der Waals surface area contributed by atoms with E-state index in [4.69, 9.17) is 19.5 Å². The summed E-state index contributed by atoms with van der Waals surface area (Å²) in [7, 11) is 0. The van der Waals surface area contributed by atoms with E-state index in [2.05, 4.69) is 15.3 Å². The van der Waals surface area contributed by atoms with Crippen LogP contribution in [0.15, 0.2) is 36.7 Å². The largest absolute Gasteiger partial charge is 0.482 e. The molecular formula is C21H22N4O4. The van der Waals surface area contributed by atoms with Gasteiger partial charge in [-0.3, -0.25) is 4.79 Å². The van der Waals surface area contributed by atoms with Gasteiger partial charge in [-0.25, -0.2) is 9.97 Å². The Labute approximate surface area is 168 Å². The average Bonchev–Trinajstić information content (AvgIpc) is 2.75. The second kappa shape index (κ2) is 8.35. The smallest absolute Gasteiger partial charge is 0.265 e. The van der Waals surface area contributed by atoms with Crippen LogP contribution in [0.25, 0.3) is 0 Å². The maximum Gasteiger partial charge on any atom is 0.265 e. The third-order valence-corrected chi connectivity index (χ3v) is 5.17. The van der Waals surface area contributed by atoms with Crippen molar-refractivity contribution in [2.75, 3.05) is 0 Å². The van der Waals surface area contributed by atoms with Crippen molar-refractivity contribution in [2.24, 2.45) is 0 Å². The van der Waals surface area contributed by atoms with Crippen molar-refractivity contribution < 1.29 is 19.0 Å². The van der Waals surface area contributed by atoms with E-state index in [1.807, 2.05) is 31.2 Å². The molecule has 2 aliphatic rings. The van der Waals surface area contributed by atoms with Crippen LogP contribution in [-0.2, 0) is 4.79 Å². The van der Waals surface area contributed by atoms with E-state index in [1.54, 1.807) is 6.07 Å². The van der Waals surface area contributed by atoms with Crippen molar-refractivity contribution in [3.05, 3.63) is 42.4 Å². The third-order valence-electron chi connectivity index (χ3n) is 5.17. The van der Waals surface area contributed by atoms with Gasteiger partial charge in [0.1, 0.15) is 18.3 Å². The van der Waals surface area contributed by atoms with Crippen LogP contribution in [0.1, 0.15) is 38.3 Å². The van der Waals surface area contributed by atoms with Gasteiger partial charge in [-0.2, -0.15) is 5.26 Å². The molecule has 0 saturated heterocycles. The Kier molecular flexibility index (Phi) is 5.47. The number of ether oxygens (including phenoxy) is 3. The summed E-state index contributed by atoms with van der Waals surface area (Å²) in [5.74, 6) is 1.34. The van der Waals surface area contributed by atoms with Gasteiger partial charge in [0.15, 0.2) is 11.5 Å². The Morgan fingerprint density at radius 3 is 2.55 bits per heavy atom. The van der Waals surface area contributed by atoms with Crippen LogP contribution < -0.4 is 19.5 Å². The molecule has 0 spiro atoms. The van der Waals surface area contributed by atoms with E-state index in [9.17, 15) is 4.79 Å². The van der Waals surface area contributed by atoms with Crippen LogP contribution >= 0.6 is 0 Å². The number of amides is 1. The topological polar surface area (TPSA) is 106 Å². The van der Waals surface area contributed by atoms with E-state index < -0.39 is 6.10 Å². The first kappa shape index (κ1) is 19.0. The first-order chi connectivity index (χ1) is 14.1. The lowest BCUT2D eigenvalue weighted by Crippen LogP contribution is -2.52. The predicted octanol–water partition coefficient (Wildman–Crippen LogP) is 2.38. The molecule has 1 aliphatic carbocycles. The van der Waals surface area contributed by atoms with Gasteiger partial charge >= 0.3 is 0 Å². The van der Waals surface area contributed by atoms with E-state index in [0.29, 0.717) is 11.5 Å². The lowest BCUT2D eigenvalue weighted by molar-refractivity contribution is -0.134. The van der Waals surface area contributed by atoms with Crippen molar-refractivity contribution in [3.63, 3.8) is 0 Å². The molecule has 2 aromatic rings. The summed E-state index contributed by atoms with van der Waals surface area (Å²) in [5.41, 5.74) is 0.187. The third kappa shape index (κ3) is 4.24. The Morgan fingerprint density at radius 2 is 1.83 bits per heavy atom. The minimum Gasteiger partial charge on any atom is -0.482 e. The normalized spacial score (nSPS) is 25.5. The summed E-state index contributed by atoms with van der Waals surface area (Å²) in [4.78, 5) is 20.8. The monoisotopic (exact) mass is 394 g/mol. The van der Waals surface area contributed by atoms with E-state index in [0.717, 1.165) is 25.7 Å². The zero-order valence-corrected chi connectivity index (χ0v) is 16.1. The number of hydrogen-bond donors (Lipinski definition) is 1. The fraction of sp³-hybridized carbons (Fsp3) is 0.429. The minimum atomic E-state index is -0.684. The van der Waals surface area contributed by atoms with Crippen molar-refractivity contribution in [2.45, 2.75) is 57.0 Å². The molecule has 29 heavy (non-hydrogen) atoms. The first-order valence-electron chi connectivity index (χ1n) is 9.74. The molecule has 150 valence electrons. The zero-order chi connectivity index (χ0) is 20.2. The number of nitriles is 1. The molecule has 2 atom stereocenters. The van der Waals surface area contributed by atoms with Crippen molar-refractivity contribution >= 4 is 5.91 Å². The molecule has 1 aromatic carbocycles. The van der Waals surface area contributed by atoms with Gasteiger partial charge in [-0.05, 0) is 44.7 Å². The lowest BCUT2D eigenvalue weighted by atomic mass is 9.92. The average molecular weight is 394 g/mol. The fourth-order valence-electron chi connectivity index (χ4n) is 3.66. The van der Waals surface area contributed by atoms with E-state index >= 15 is 0 Å². The molecule has 4 rings (SSSR count). The number of nitrogens with one attached hydrogen (secondary N) is 1. The van der Waals surface area contributed by atoms with Gasteiger partial charge in [0.05, 0.1) is 0 Å². The van der Waals surface area contributed by atoms with Gasteiger partial charge < -0.3 is 19.5 Å². The minimum absolute atomic E-state index is 0.0487. The first-order valence-corrected chi connectivity index (χ1v) is 9.74. The van der Waals surface area contributed by atoms with Gasteiger partial charge in [0, 0.05) is 18.4 Å². The Balaban J connectivity index is 1.30.